The maximum atomic E-state index is 12.1. The quantitative estimate of drug-likeness (QED) is 0.876. The summed E-state index contributed by atoms with van der Waals surface area (Å²) >= 11 is 0. The molecule has 108 valence electrons. The van der Waals surface area contributed by atoms with E-state index in [1.165, 1.54) is 0 Å². The van der Waals surface area contributed by atoms with Gasteiger partial charge in [0.25, 0.3) is 0 Å². The highest BCUT2D eigenvalue weighted by atomic mass is 16.4. The van der Waals surface area contributed by atoms with Crippen molar-refractivity contribution in [3.63, 3.8) is 0 Å². The minimum atomic E-state index is -0.897. The van der Waals surface area contributed by atoms with Crippen LogP contribution in [0.1, 0.15) is 30.8 Å². The largest absolute Gasteiger partial charge is 0.481 e. The van der Waals surface area contributed by atoms with Gasteiger partial charge in [0, 0.05) is 17.9 Å². The number of carbonyl (C=O) groups is 2. The van der Waals surface area contributed by atoms with Crippen LogP contribution in [-0.2, 0) is 16.1 Å². The number of carboxylic acid groups (broad SMARTS) is 1. The number of carbonyl (C=O) groups excluding carboxylic acids is 1. The van der Waals surface area contributed by atoms with E-state index in [1.54, 1.807) is 0 Å². The van der Waals surface area contributed by atoms with Gasteiger partial charge >= 0.3 is 5.97 Å². The molecule has 2 rings (SSSR count). The van der Waals surface area contributed by atoms with Crippen LogP contribution >= 0.6 is 0 Å². The molecule has 1 aliphatic rings. The molecule has 0 unspecified atom stereocenters. The van der Waals surface area contributed by atoms with E-state index in [0.29, 0.717) is 6.54 Å². The smallest absolute Gasteiger partial charge is 0.307 e. The summed E-state index contributed by atoms with van der Waals surface area (Å²) in [5.41, 5.74) is 2.34. The number of hydrogen-bond acceptors (Lipinski definition) is 3. The molecule has 20 heavy (non-hydrogen) atoms. The number of hydrogen-bond donors (Lipinski definition) is 2. The zero-order valence-corrected chi connectivity index (χ0v) is 12.2. The van der Waals surface area contributed by atoms with Crippen LogP contribution in [0.15, 0.2) is 12.1 Å². The highest BCUT2D eigenvalue weighted by Crippen LogP contribution is 2.58. The van der Waals surface area contributed by atoms with Crippen molar-refractivity contribution in [1.29, 1.82) is 0 Å². The first-order valence-electron chi connectivity index (χ1n) is 6.68. The molecule has 5 nitrogen and oxygen atoms in total. The Kier molecular flexibility index (Phi) is 3.54. The summed E-state index contributed by atoms with van der Waals surface area (Å²) in [7, 11) is 0. The fourth-order valence-electron chi connectivity index (χ4n) is 2.91. The normalized spacial score (nSPS) is 23.2. The molecule has 0 aromatic carbocycles. The van der Waals surface area contributed by atoms with Crippen LogP contribution < -0.4 is 5.32 Å². The predicted molar refractivity (Wildman–Crippen MR) is 74.0 cm³/mol. The van der Waals surface area contributed by atoms with Crippen LogP contribution in [0.3, 0.4) is 0 Å². The van der Waals surface area contributed by atoms with Crippen molar-refractivity contribution >= 4 is 11.9 Å². The molecule has 1 aromatic heterocycles. The number of nitrogens with one attached hydrogen (secondary N) is 1. The highest BCUT2D eigenvalue weighted by molar-refractivity contribution is 5.91. The lowest BCUT2D eigenvalue weighted by Gasteiger charge is -2.07. The first-order chi connectivity index (χ1) is 9.23. The van der Waals surface area contributed by atoms with Gasteiger partial charge in [-0.25, -0.2) is 0 Å². The molecule has 0 bridgehead atoms. The number of aromatic nitrogens is 1. The summed E-state index contributed by atoms with van der Waals surface area (Å²) in [4.78, 5) is 27.4. The Bertz CT molecular complexity index is 546. The first kappa shape index (κ1) is 14.5. The summed E-state index contributed by atoms with van der Waals surface area (Å²) in [6.45, 7) is 7.85. The maximum absolute atomic E-state index is 12.1. The van der Waals surface area contributed by atoms with Crippen LogP contribution in [0, 0.1) is 31.1 Å². The van der Waals surface area contributed by atoms with Gasteiger partial charge in [-0.1, -0.05) is 13.8 Å². The molecule has 0 spiro atoms. The summed E-state index contributed by atoms with van der Waals surface area (Å²) in [5, 5.41) is 11.9. The SMILES string of the molecule is Cc1cc(CNC(=O)[C@@H]2[C@H](C(=O)O)C2(C)C)cc(C)n1. The van der Waals surface area contributed by atoms with Crippen molar-refractivity contribution in [2.75, 3.05) is 0 Å². The zero-order chi connectivity index (χ0) is 15.1. The standard InChI is InChI=1S/C15H20N2O3/c1-8-5-10(6-9(2)17-8)7-16-13(18)11-12(14(19)20)15(11,3)4/h5-6,11-12H,7H2,1-4H3,(H,16,18)(H,19,20)/t11-,12+/m0/s1. The van der Waals surface area contributed by atoms with E-state index >= 15 is 0 Å². The van der Waals surface area contributed by atoms with Gasteiger partial charge in [-0.05, 0) is 37.0 Å². The van der Waals surface area contributed by atoms with Gasteiger partial charge in [-0.15, -0.1) is 0 Å². The fourth-order valence-corrected chi connectivity index (χ4v) is 2.91. The van der Waals surface area contributed by atoms with Crippen molar-refractivity contribution in [1.82, 2.24) is 10.3 Å². The van der Waals surface area contributed by atoms with Crippen molar-refractivity contribution in [2.45, 2.75) is 34.2 Å². The fraction of sp³-hybridized carbons (Fsp3) is 0.533. The zero-order valence-electron chi connectivity index (χ0n) is 12.2. The molecule has 1 aromatic rings. The van der Waals surface area contributed by atoms with Crippen molar-refractivity contribution in [3.05, 3.63) is 29.1 Å². The molecular formula is C15H20N2O3. The Morgan fingerprint density at radius 3 is 2.25 bits per heavy atom. The third-order valence-corrected chi connectivity index (χ3v) is 3.98. The minimum Gasteiger partial charge on any atom is -0.481 e. The second-order valence-corrected chi connectivity index (χ2v) is 6.09. The molecular weight excluding hydrogens is 256 g/mol. The maximum Gasteiger partial charge on any atom is 0.307 e. The van der Waals surface area contributed by atoms with E-state index < -0.39 is 23.2 Å². The van der Waals surface area contributed by atoms with E-state index in [-0.39, 0.29) is 5.91 Å². The molecule has 1 amide bonds. The average Bonchev–Trinajstić information content (AvgIpc) is 2.88. The molecule has 1 saturated carbocycles. The number of carboxylic acids is 1. The van der Waals surface area contributed by atoms with Gasteiger partial charge in [0.15, 0.2) is 0 Å². The third kappa shape index (κ3) is 2.66. The first-order valence-corrected chi connectivity index (χ1v) is 6.68. The Labute approximate surface area is 118 Å². The van der Waals surface area contributed by atoms with Gasteiger partial charge in [0.1, 0.15) is 0 Å². The monoisotopic (exact) mass is 276 g/mol. The number of nitrogens with zero attached hydrogens (tertiary/aromatic N) is 1. The second-order valence-electron chi connectivity index (χ2n) is 6.09. The highest BCUT2D eigenvalue weighted by Gasteiger charge is 2.65. The van der Waals surface area contributed by atoms with Gasteiger partial charge in [-0.2, -0.15) is 0 Å². The molecule has 2 atom stereocenters. The van der Waals surface area contributed by atoms with Crippen LogP contribution in [0.25, 0.3) is 0 Å². The van der Waals surface area contributed by atoms with Crippen molar-refractivity contribution < 1.29 is 14.7 Å². The van der Waals surface area contributed by atoms with Crippen molar-refractivity contribution in [2.24, 2.45) is 17.3 Å². The Hall–Kier alpha value is -1.91. The average molecular weight is 276 g/mol. The van der Waals surface area contributed by atoms with Crippen LogP contribution in [0.4, 0.5) is 0 Å². The lowest BCUT2D eigenvalue weighted by molar-refractivity contribution is -0.140. The van der Waals surface area contributed by atoms with Crippen LogP contribution in [0.5, 0.6) is 0 Å². The molecule has 1 heterocycles. The lowest BCUT2D eigenvalue weighted by atomic mass is 10.1. The van der Waals surface area contributed by atoms with Crippen molar-refractivity contribution in [3.8, 4) is 0 Å². The van der Waals surface area contributed by atoms with Gasteiger partial charge in [0.05, 0.1) is 11.8 Å². The number of rotatable bonds is 4. The topological polar surface area (TPSA) is 79.3 Å². The summed E-state index contributed by atoms with van der Waals surface area (Å²) in [5.74, 6) is -2.10. The van der Waals surface area contributed by atoms with E-state index in [9.17, 15) is 9.59 Å². The van der Waals surface area contributed by atoms with E-state index in [2.05, 4.69) is 10.3 Å². The Balaban J connectivity index is 1.98. The molecule has 0 saturated heterocycles. The molecule has 0 aliphatic heterocycles. The molecule has 0 radical (unpaired) electrons. The van der Waals surface area contributed by atoms with Gasteiger partial charge < -0.3 is 10.4 Å². The Morgan fingerprint density at radius 2 is 1.80 bits per heavy atom. The molecule has 1 aliphatic carbocycles. The number of amides is 1. The Morgan fingerprint density at radius 1 is 1.25 bits per heavy atom. The molecule has 1 fully saturated rings. The summed E-state index contributed by atoms with van der Waals surface area (Å²) in [6, 6.07) is 3.83. The second kappa shape index (κ2) is 4.89. The van der Waals surface area contributed by atoms with Crippen LogP contribution in [0.2, 0.25) is 0 Å². The lowest BCUT2D eigenvalue weighted by Crippen LogP contribution is -2.27. The predicted octanol–water partition coefficient (Wildman–Crippen LogP) is 1.67. The molecule has 5 heteroatoms. The van der Waals surface area contributed by atoms with Crippen LogP contribution in [-0.4, -0.2) is 22.0 Å². The van der Waals surface area contributed by atoms with Gasteiger partial charge in [0.2, 0.25) is 5.91 Å². The third-order valence-electron chi connectivity index (χ3n) is 3.98. The number of aliphatic carboxylic acids is 1. The van der Waals surface area contributed by atoms with Gasteiger partial charge in [-0.3, -0.25) is 14.6 Å². The van der Waals surface area contributed by atoms with E-state index in [1.807, 2.05) is 39.8 Å². The number of aryl methyl sites for hydroxylation is 2. The van der Waals surface area contributed by atoms with E-state index in [0.717, 1.165) is 17.0 Å². The number of pyridine rings is 1. The summed E-state index contributed by atoms with van der Waals surface area (Å²) < 4.78 is 0. The summed E-state index contributed by atoms with van der Waals surface area (Å²) in [6.07, 6.45) is 0. The van der Waals surface area contributed by atoms with E-state index in [4.69, 9.17) is 5.11 Å². The minimum absolute atomic E-state index is 0.186. The molecule has 2 N–H and O–H groups in total.